The molecule has 0 radical (unpaired) electrons. The summed E-state index contributed by atoms with van der Waals surface area (Å²) in [4.78, 5) is 17.2. The van der Waals surface area contributed by atoms with Gasteiger partial charge in [0.1, 0.15) is 12.2 Å². The first kappa shape index (κ1) is 15.3. The highest BCUT2D eigenvalue weighted by atomic mass is 16.5. The van der Waals surface area contributed by atoms with Crippen molar-refractivity contribution in [2.24, 2.45) is 7.05 Å². The number of aryl methyl sites for hydroxylation is 1. The summed E-state index contributed by atoms with van der Waals surface area (Å²) < 4.78 is 7.63. The van der Waals surface area contributed by atoms with Crippen molar-refractivity contribution in [3.63, 3.8) is 0 Å². The Hall–Kier alpha value is -2.22. The number of hydrogen-bond acceptors (Lipinski definition) is 5. The van der Waals surface area contributed by atoms with Crippen molar-refractivity contribution in [3.05, 3.63) is 29.1 Å². The van der Waals surface area contributed by atoms with Crippen LogP contribution in [0.15, 0.2) is 6.33 Å². The topological polar surface area (TPSA) is 97.7 Å². The minimum Gasteiger partial charge on any atom is -0.369 e. The molecular weight excluding hydrogens is 308 g/mol. The quantitative estimate of drug-likeness (QED) is 0.886. The van der Waals surface area contributed by atoms with Crippen molar-refractivity contribution in [2.45, 2.75) is 57.3 Å². The number of carbonyl (C=O) groups excluding carboxylic acids is 1. The van der Waals surface area contributed by atoms with E-state index in [0.29, 0.717) is 12.1 Å². The summed E-state index contributed by atoms with van der Waals surface area (Å²) in [5.74, 6) is 0.571. The third-order valence-corrected chi connectivity index (χ3v) is 5.15. The van der Waals surface area contributed by atoms with Gasteiger partial charge in [-0.25, -0.2) is 4.98 Å². The van der Waals surface area contributed by atoms with Crippen LogP contribution in [0.25, 0.3) is 0 Å². The number of carbonyl (C=O) groups is 1. The molecule has 8 nitrogen and oxygen atoms in total. The Kier molecular flexibility index (Phi) is 3.45. The molecule has 1 aliphatic heterocycles. The smallest absolute Gasteiger partial charge is 0.272 e. The lowest BCUT2D eigenvalue weighted by molar-refractivity contribution is -0.00904. The first-order valence-corrected chi connectivity index (χ1v) is 8.40. The summed E-state index contributed by atoms with van der Waals surface area (Å²) in [5, 5.41) is 14.4. The van der Waals surface area contributed by atoms with Crippen LogP contribution in [0, 0.1) is 0 Å². The molecule has 1 aliphatic carbocycles. The van der Waals surface area contributed by atoms with E-state index in [1.54, 1.807) is 4.68 Å². The molecule has 3 heterocycles. The van der Waals surface area contributed by atoms with Gasteiger partial charge in [0.15, 0.2) is 5.69 Å². The number of nitrogens with zero attached hydrogens (tertiary/aromatic N) is 4. The maximum absolute atomic E-state index is 13.0. The van der Waals surface area contributed by atoms with Gasteiger partial charge in [-0.15, -0.1) is 0 Å². The lowest BCUT2D eigenvalue weighted by atomic mass is 9.76. The lowest BCUT2D eigenvalue weighted by Crippen LogP contribution is -2.51. The summed E-state index contributed by atoms with van der Waals surface area (Å²) in [6.45, 7) is 4.02. The fraction of sp³-hybridized carbons (Fsp3) is 0.625. The lowest BCUT2D eigenvalue weighted by Gasteiger charge is -2.40. The molecule has 0 bridgehead atoms. The van der Waals surface area contributed by atoms with Gasteiger partial charge in [0.05, 0.1) is 23.4 Å². The molecule has 2 aromatic heterocycles. The Balaban J connectivity index is 1.65. The van der Waals surface area contributed by atoms with Crippen LogP contribution < -0.4 is 5.32 Å². The van der Waals surface area contributed by atoms with Crippen LogP contribution in [-0.4, -0.2) is 37.0 Å². The van der Waals surface area contributed by atoms with Crippen molar-refractivity contribution in [1.29, 1.82) is 0 Å². The van der Waals surface area contributed by atoms with E-state index >= 15 is 0 Å². The summed E-state index contributed by atoms with van der Waals surface area (Å²) in [5.41, 5.74) is 2.04. The maximum Gasteiger partial charge on any atom is 0.272 e. The van der Waals surface area contributed by atoms with Crippen molar-refractivity contribution < 1.29 is 9.53 Å². The van der Waals surface area contributed by atoms with E-state index in [-0.39, 0.29) is 18.1 Å². The third kappa shape index (κ3) is 2.24. The molecule has 1 fully saturated rings. The van der Waals surface area contributed by atoms with Crippen molar-refractivity contribution in [1.82, 2.24) is 30.3 Å². The predicted octanol–water partition coefficient (Wildman–Crippen LogP) is 1.37. The summed E-state index contributed by atoms with van der Waals surface area (Å²) in [7, 11) is 1.86. The molecule has 8 heteroatoms. The number of ether oxygens (including phenoxy) is 1. The molecule has 24 heavy (non-hydrogen) atoms. The molecule has 2 atom stereocenters. The molecule has 1 amide bonds. The Bertz CT molecular complexity index is 762. The average Bonchev–Trinajstić information content (AvgIpc) is 3.11. The van der Waals surface area contributed by atoms with Crippen LogP contribution in [0.4, 0.5) is 0 Å². The molecule has 0 saturated heterocycles. The average molecular weight is 330 g/mol. The minimum atomic E-state index is -0.444. The van der Waals surface area contributed by atoms with Crippen LogP contribution in [0.1, 0.15) is 66.8 Å². The van der Waals surface area contributed by atoms with Crippen LogP contribution in [0.5, 0.6) is 0 Å². The molecule has 0 aromatic carbocycles. The standard InChI is InChI=1S/C16H22N6O2/c1-9-7-11-12(21-22(3)13(11)10(2)24-9)14(23)19-16(5-4-6-16)15-17-8-18-20-15/h8-10H,4-7H2,1-3H3,(H,19,23)(H,17,18,20)/t9-,10+/m1/s1. The van der Waals surface area contributed by atoms with Gasteiger partial charge in [0.25, 0.3) is 5.91 Å². The van der Waals surface area contributed by atoms with E-state index in [9.17, 15) is 4.79 Å². The number of fused-ring (bicyclic) bond motifs is 1. The summed E-state index contributed by atoms with van der Waals surface area (Å²) >= 11 is 0. The highest BCUT2D eigenvalue weighted by molar-refractivity contribution is 5.94. The van der Waals surface area contributed by atoms with Gasteiger partial charge >= 0.3 is 0 Å². The Labute approximate surface area is 140 Å². The molecule has 2 aliphatic rings. The predicted molar refractivity (Wildman–Crippen MR) is 85.3 cm³/mol. The number of aromatic nitrogens is 5. The monoisotopic (exact) mass is 330 g/mol. The Morgan fingerprint density at radius 3 is 2.88 bits per heavy atom. The van der Waals surface area contributed by atoms with Crippen LogP contribution in [0.2, 0.25) is 0 Å². The Morgan fingerprint density at radius 2 is 2.25 bits per heavy atom. The molecule has 2 N–H and O–H groups in total. The van der Waals surface area contributed by atoms with Gasteiger partial charge < -0.3 is 10.1 Å². The molecule has 0 unspecified atom stereocenters. The number of nitrogens with one attached hydrogen (secondary N) is 2. The number of rotatable bonds is 3. The number of H-pyrrole nitrogens is 1. The van der Waals surface area contributed by atoms with Crippen LogP contribution in [0.3, 0.4) is 0 Å². The van der Waals surface area contributed by atoms with Gasteiger partial charge in [-0.2, -0.15) is 10.2 Å². The van der Waals surface area contributed by atoms with Crippen LogP contribution in [-0.2, 0) is 23.7 Å². The molecule has 0 spiro atoms. The second-order valence-electron chi connectivity index (χ2n) is 6.85. The minimum absolute atomic E-state index is 0.0604. The normalized spacial score (nSPS) is 25.0. The number of amides is 1. The molecule has 2 aromatic rings. The zero-order valence-corrected chi connectivity index (χ0v) is 14.2. The third-order valence-electron chi connectivity index (χ3n) is 5.15. The second-order valence-corrected chi connectivity index (χ2v) is 6.85. The zero-order valence-electron chi connectivity index (χ0n) is 14.2. The molecular formula is C16H22N6O2. The Morgan fingerprint density at radius 1 is 1.46 bits per heavy atom. The second kappa shape index (κ2) is 5.41. The van der Waals surface area contributed by atoms with Crippen LogP contribution >= 0.6 is 0 Å². The summed E-state index contributed by atoms with van der Waals surface area (Å²) in [6.07, 6.45) is 4.97. The van der Waals surface area contributed by atoms with Gasteiger partial charge in [0, 0.05) is 19.0 Å². The van der Waals surface area contributed by atoms with E-state index in [4.69, 9.17) is 4.74 Å². The highest BCUT2D eigenvalue weighted by Crippen LogP contribution is 2.40. The van der Waals surface area contributed by atoms with E-state index < -0.39 is 5.54 Å². The SMILES string of the molecule is C[C@@H]1Cc2c(C(=O)NC3(c4ncn[nH]4)CCC3)nn(C)c2[C@H](C)O1. The molecule has 4 rings (SSSR count). The molecule has 1 saturated carbocycles. The van der Waals surface area contributed by atoms with Crippen molar-refractivity contribution >= 4 is 5.91 Å². The number of aromatic amines is 1. The highest BCUT2D eigenvalue weighted by Gasteiger charge is 2.44. The van der Waals surface area contributed by atoms with Gasteiger partial charge in [-0.05, 0) is 33.1 Å². The fourth-order valence-electron chi connectivity index (χ4n) is 3.89. The first-order chi connectivity index (χ1) is 11.5. The van der Waals surface area contributed by atoms with Crippen molar-refractivity contribution in [2.75, 3.05) is 0 Å². The van der Waals surface area contributed by atoms with E-state index in [2.05, 4.69) is 25.6 Å². The van der Waals surface area contributed by atoms with Gasteiger partial charge in [0.2, 0.25) is 0 Å². The number of hydrogen-bond donors (Lipinski definition) is 2. The molecule has 128 valence electrons. The maximum atomic E-state index is 13.0. The largest absolute Gasteiger partial charge is 0.369 e. The first-order valence-electron chi connectivity index (χ1n) is 8.40. The van der Waals surface area contributed by atoms with E-state index in [0.717, 1.165) is 36.3 Å². The van der Waals surface area contributed by atoms with Gasteiger partial charge in [-0.1, -0.05) is 0 Å². The summed E-state index contributed by atoms with van der Waals surface area (Å²) in [6, 6.07) is 0. The van der Waals surface area contributed by atoms with Crippen molar-refractivity contribution in [3.8, 4) is 0 Å². The fourth-order valence-corrected chi connectivity index (χ4v) is 3.89. The van der Waals surface area contributed by atoms with E-state index in [1.807, 2.05) is 20.9 Å². The zero-order chi connectivity index (χ0) is 16.9. The van der Waals surface area contributed by atoms with Gasteiger partial charge in [-0.3, -0.25) is 14.6 Å². The van der Waals surface area contributed by atoms with E-state index in [1.165, 1.54) is 6.33 Å².